The van der Waals surface area contributed by atoms with Crippen LogP contribution in [0.2, 0.25) is 0 Å². The Morgan fingerprint density at radius 2 is 1.65 bits per heavy atom. The van der Waals surface area contributed by atoms with E-state index in [1.807, 2.05) is 0 Å². The molecule has 0 bridgehead atoms. The lowest BCUT2D eigenvalue weighted by atomic mass is 9.88. The molecule has 1 heterocycles. The predicted molar refractivity (Wildman–Crippen MR) is 105 cm³/mol. The van der Waals surface area contributed by atoms with Crippen LogP contribution >= 0.6 is 31.9 Å². The number of benzene rings is 2. The van der Waals surface area contributed by atoms with Gasteiger partial charge in [0.05, 0.1) is 0 Å². The van der Waals surface area contributed by atoms with E-state index in [0.717, 1.165) is 4.90 Å². The van der Waals surface area contributed by atoms with Crippen LogP contribution in [0.5, 0.6) is 0 Å². The molecule has 1 N–H and O–H groups in total. The van der Waals surface area contributed by atoms with E-state index in [0.29, 0.717) is 45.4 Å². The van der Waals surface area contributed by atoms with Gasteiger partial charge in [-0.1, -0.05) is 37.9 Å². The number of imide groups is 1. The monoisotopic (exact) mass is 480 g/mol. The van der Waals surface area contributed by atoms with Crippen molar-refractivity contribution in [3.05, 3.63) is 46.5 Å². The normalized spacial score (nSPS) is 13.2. The van der Waals surface area contributed by atoms with E-state index in [9.17, 15) is 19.2 Å². The number of halogens is 2. The molecule has 0 saturated heterocycles. The fourth-order valence-electron chi connectivity index (χ4n) is 3.09. The number of carbonyl (C=O) groups is 4. The number of hydrogen-bond acceptors (Lipinski definition) is 4. The Labute approximate surface area is 166 Å². The summed E-state index contributed by atoms with van der Waals surface area (Å²) >= 11 is 6.48. The SMILES string of the molecule is O=Cc1ccc2c3c(ccc(C(=O)NCCBr)c13)C(=O)N(CCBr)C2=O. The summed E-state index contributed by atoms with van der Waals surface area (Å²) in [5.41, 5.74) is 1.17. The number of nitrogens with zero attached hydrogens (tertiary/aromatic N) is 1. The molecule has 0 aromatic heterocycles. The maximum absolute atomic E-state index is 12.7. The fourth-order valence-corrected chi connectivity index (χ4v) is 3.65. The van der Waals surface area contributed by atoms with Crippen LogP contribution in [0.15, 0.2) is 24.3 Å². The van der Waals surface area contributed by atoms with Gasteiger partial charge in [-0.2, -0.15) is 0 Å². The number of rotatable bonds is 6. The van der Waals surface area contributed by atoms with Gasteiger partial charge in [0, 0.05) is 56.8 Å². The van der Waals surface area contributed by atoms with Crippen molar-refractivity contribution in [2.45, 2.75) is 0 Å². The van der Waals surface area contributed by atoms with Crippen molar-refractivity contribution in [1.82, 2.24) is 10.2 Å². The number of hydrogen-bond donors (Lipinski definition) is 1. The van der Waals surface area contributed by atoms with E-state index in [4.69, 9.17) is 0 Å². The second kappa shape index (κ2) is 7.67. The Morgan fingerprint density at radius 1 is 1.00 bits per heavy atom. The van der Waals surface area contributed by atoms with Crippen LogP contribution in [0.4, 0.5) is 0 Å². The molecule has 3 amide bonds. The summed E-state index contributed by atoms with van der Waals surface area (Å²) in [6.45, 7) is 0.649. The maximum Gasteiger partial charge on any atom is 0.261 e. The Hall–Kier alpha value is -2.06. The number of alkyl halides is 2. The lowest BCUT2D eigenvalue weighted by molar-refractivity contribution is 0.0620. The quantitative estimate of drug-likeness (QED) is 0.390. The van der Waals surface area contributed by atoms with E-state index in [1.54, 1.807) is 6.07 Å². The van der Waals surface area contributed by atoms with E-state index >= 15 is 0 Å². The van der Waals surface area contributed by atoms with Crippen LogP contribution in [-0.2, 0) is 0 Å². The number of nitrogens with one attached hydrogen (secondary N) is 1. The minimum atomic E-state index is -0.428. The first-order valence-corrected chi connectivity index (χ1v) is 10.1. The molecular weight excluding hydrogens is 468 g/mol. The molecule has 1 aliphatic rings. The van der Waals surface area contributed by atoms with Crippen LogP contribution in [0.3, 0.4) is 0 Å². The molecule has 0 radical (unpaired) electrons. The summed E-state index contributed by atoms with van der Waals surface area (Å²) in [6, 6.07) is 6.11. The average molecular weight is 482 g/mol. The predicted octanol–water partition coefficient (Wildman–Crippen LogP) is 2.77. The van der Waals surface area contributed by atoms with Crippen molar-refractivity contribution in [2.75, 3.05) is 23.7 Å². The second-order valence-corrected chi connectivity index (χ2v) is 7.21. The van der Waals surface area contributed by atoms with Gasteiger partial charge in [-0.3, -0.25) is 24.1 Å². The highest BCUT2D eigenvalue weighted by Crippen LogP contribution is 2.34. The summed E-state index contributed by atoms with van der Waals surface area (Å²) in [5.74, 6) is -1.22. The topological polar surface area (TPSA) is 83.6 Å². The standard InChI is InChI=1S/C18H14Br2N2O4/c19-5-7-21-16(24)11-3-4-13-15-12(2-1-10(9-23)14(11)15)17(25)22(8-6-20)18(13)26/h1-4,9H,5-8H2,(H,21,24). The third-order valence-electron chi connectivity index (χ3n) is 4.20. The molecule has 6 nitrogen and oxygen atoms in total. The van der Waals surface area contributed by atoms with E-state index < -0.39 is 11.8 Å². The Balaban J connectivity index is 2.30. The minimum absolute atomic E-state index is 0.238. The van der Waals surface area contributed by atoms with Gasteiger partial charge in [0.25, 0.3) is 17.7 Å². The molecule has 0 spiro atoms. The zero-order valence-corrected chi connectivity index (χ0v) is 16.7. The van der Waals surface area contributed by atoms with Crippen LogP contribution in [-0.4, -0.2) is 52.7 Å². The first kappa shape index (κ1) is 18.7. The zero-order chi connectivity index (χ0) is 18.8. The largest absolute Gasteiger partial charge is 0.351 e. The van der Waals surface area contributed by atoms with Crippen molar-refractivity contribution < 1.29 is 19.2 Å². The van der Waals surface area contributed by atoms with Crippen LogP contribution in [0, 0.1) is 0 Å². The lowest BCUT2D eigenvalue weighted by Crippen LogP contribution is -2.41. The molecule has 0 unspecified atom stereocenters. The van der Waals surface area contributed by atoms with E-state index in [2.05, 4.69) is 37.2 Å². The van der Waals surface area contributed by atoms with Crippen LogP contribution in [0.1, 0.15) is 41.4 Å². The fraction of sp³-hybridized carbons (Fsp3) is 0.222. The van der Waals surface area contributed by atoms with Gasteiger partial charge in [-0.05, 0) is 18.2 Å². The maximum atomic E-state index is 12.7. The number of carbonyl (C=O) groups excluding carboxylic acids is 4. The molecule has 1 aliphatic heterocycles. The molecule has 134 valence electrons. The molecule has 0 saturated carbocycles. The summed E-state index contributed by atoms with van der Waals surface area (Å²) in [4.78, 5) is 50.7. The van der Waals surface area contributed by atoms with Crippen molar-refractivity contribution in [3.8, 4) is 0 Å². The van der Waals surface area contributed by atoms with Gasteiger partial charge in [-0.15, -0.1) is 0 Å². The molecule has 2 aromatic rings. The van der Waals surface area contributed by atoms with Gasteiger partial charge in [0.1, 0.15) is 0 Å². The molecule has 2 aromatic carbocycles. The highest BCUT2D eigenvalue weighted by molar-refractivity contribution is 9.09. The Kier molecular flexibility index (Phi) is 5.52. The van der Waals surface area contributed by atoms with Gasteiger partial charge < -0.3 is 5.32 Å². The molecule has 0 fully saturated rings. The molecule has 0 atom stereocenters. The van der Waals surface area contributed by atoms with E-state index in [-0.39, 0.29) is 23.6 Å². The van der Waals surface area contributed by atoms with Crippen LogP contribution < -0.4 is 5.32 Å². The summed E-state index contributed by atoms with van der Waals surface area (Å²) in [5, 5.41) is 4.47. The van der Waals surface area contributed by atoms with Crippen molar-refractivity contribution in [3.63, 3.8) is 0 Å². The summed E-state index contributed by atoms with van der Waals surface area (Å²) < 4.78 is 0. The molecule has 0 aliphatic carbocycles. The summed E-state index contributed by atoms with van der Waals surface area (Å²) in [7, 11) is 0. The molecule has 26 heavy (non-hydrogen) atoms. The van der Waals surface area contributed by atoms with Gasteiger partial charge >= 0.3 is 0 Å². The Bertz CT molecular complexity index is 903. The Morgan fingerprint density at radius 3 is 2.23 bits per heavy atom. The van der Waals surface area contributed by atoms with Gasteiger partial charge in [-0.25, -0.2) is 0 Å². The van der Waals surface area contributed by atoms with Gasteiger partial charge in [0.15, 0.2) is 6.29 Å². The second-order valence-electron chi connectivity index (χ2n) is 5.63. The smallest absolute Gasteiger partial charge is 0.261 e. The zero-order valence-electron chi connectivity index (χ0n) is 13.6. The number of aldehydes is 1. The van der Waals surface area contributed by atoms with Crippen LogP contribution in [0.25, 0.3) is 10.8 Å². The first-order chi connectivity index (χ1) is 12.5. The molecule has 3 rings (SSSR count). The minimum Gasteiger partial charge on any atom is -0.351 e. The summed E-state index contributed by atoms with van der Waals surface area (Å²) in [6.07, 6.45) is 0.629. The highest BCUT2D eigenvalue weighted by atomic mass is 79.9. The highest BCUT2D eigenvalue weighted by Gasteiger charge is 2.34. The number of amides is 3. The van der Waals surface area contributed by atoms with E-state index in [1.165, 1.54) is 18.2 Å². The molecular formula is C18H14Br2N2O4. The first-order valence-electron chi connectivity index (χ1n) is 7.86. The average Bonchev–Trinajstić information content (AvgIpc) is 2.66. The third-order valence-corrected chi connectivity index (χ3v) is 4.95. The van der Waals surface area contributed by atoms with Crippen molar-refractivity contribution >= 4 is 66.6 Å². The third kappa shape index (κ3) is 2.97. The molecule has 8 heteroatoms. The lowest BCUT2D eigenvalue weighted by Gasteiger charge is -2.27. The van der Waals surface area contributed by atoms with Gasteiger partial charge in [0.2, 0.25) is 0 Å². The van der Waals surface area contributed by atoms with Crippen molar-refractivity contribution in [1.29, 1.82) is 0 Å². The van der Waals surface area contributed by atoms with Crippen molar-refractivity contribution in [2.24, 2.45) is 0 Å².